The molecular weight excluding hydrogens is 286 g/mol. The van der Waals surface area contributed by atoms with Gasteiger partial charge in [-0.2, -0.15) is 5.10 Å². The number of hydrogen-bond donors (Lipinski definition) is 0. The molecule has 21 heavy (non-hydrogen) atoms. The zero-order valence-electron chi connectivity index (χ0n) is 12.3. The zero-order valence-corrected chi connectivity index (χ0v) is 13.2. The average molecular weight is 305 g/mol. The quantitative estimate of drug-likeness (QED) is 0.814. The number of carbonyl (C=O) groups is 1. The highest BCUT2D eigenvalue weighted by molar-refractivity contribution is 7.10. The van der Waals surface area contributed by atoms with E-state index in [1.807, 2.05) is 29.9 Å². The number of hydrogen-bond acceptors (Lipinski definition) is 5. The van der Waals surface area contributed by atoms with Gasteiger partial charge in [-0.25, -0.2) is 4.79 Å². The van der Waals surface area contributed by atoms with E-state index in [1.165, 1.54) is 10.4 Å². The number of aryl methyl sites for hydroxylation is 1. The van der Waals surface area contributed by atoms with Crippen molar-refractivity contribution in [2.75, 3.05) is 13.2 Å². The Morgan fingerprint density at radius 1 is 1.52 bits per heavy atom. The van der Waals surface area contributed by atoms with Crippen molar-refractivity contribution in [1.82, 2.24) is 14.7 Å². The average Bonchev–Trinajstić information content (AvgIpc) is 3.05. The van der Waals surface area contributed by atoms with Crippen LogP contribution in [0.4, 0.5) is 0 Å². The van der Waals surface area contributed by atoms with Crippen molar-refractivity contribution in [2.45, 2.75) is 33.5 Å². The molecule has 3 rings (SSSR count). The molecule has 0 N–H and O–H groups in total. The van der Waals surface area contributed by atoms with E-state index < -0.39 is 0 Å². The summed E-state index contributed by atoms with van der Waals surface area (Å²) in [5.74, 6) is -0.292. The number of thiophene rings is 1. The van der Waals surface area contributed by atoms with Gasteiger partial charge in [0.15, 0.2) is 0 Å². The summed E-state index contributed by atoms with van der Waals surface area (Å²) in [6, 6.07) is 2.20. The van der Waals surface area contributed by atoms with Crippen LogP contribution >= 0.6 is 11.3 Å². The van der Waals surface area contributed by atoms with Crippen LogP contribution in [-0.2, 0) is 24.4 Å². The first-order chi connectivity index (χ1) is 10.2. The molecular formula is C15H19N3O2S. The van der Waals surface area contributed by atoms with Crippen molar-refractivity contribution < 1.29 is 9.53 Å². The lowest BCUT2D eigenvalue weighted by atomic mass is 10.1. The molecule has 112 valence electrons. The van der Waals surface area contributed by atoms with Gasteiger partial charge in [0.25, 0.3) is 0 Å². The first-order valence-electron chi connectivity index (χ1n) is 7.16. The maximum Gasteiger partial charge on any atom is 0.341 e. The van der Waals surface area contributed by atoms with Crippen LogP contribution < -0.4 is 0 Å². The van der Waals surface area contributed by atoms with Crippen LogP contribution in [0, 0.1) is 6.92 Å². The van der Waals surface area contributed by atoms with E-state index in [-0.39, 0.29) is 5.97 Å². The number of aromatic nitrogens is 2. The maximum atomic E-state index is 11.8. The molecule has 0 fully saturated rings. The second kappa shape index (κ2) is 5.99. The van der Waals surface area contributed by atoms with Crippen LogP contribution in [0.15, 0.2) is 17.6 Å². The van der Waals surface area contributed by atoms with E-state index in [0.717, 1.165) is 25.2 Å². The SMILES string of the molecule is CCOC(=O)c1cn(CN2CCc3sccc3C2)nc1C. The number of esters is 1. The van der Waals surface area contributed by atoms with E-state index in [4.69, 9.17) is 4.74 Å². The number of rotatable bonds is 4. The highest BCUT2D eigenvalue weighted by atomic mass is 32.1. The molecule has 0 unspecified atom stereocenters. The molecule has 0 aliphatic carbocycles. The Morgan fingerprint density at radius 2 is 2.38 bits per heavy atom. The molecule has 0 bridgehead atoms. The van der Waals surface area contributed by atoms with Crippen molar-refractivity contribution in [3.63, 3.8) is 0 Å². The summed E-state index contributed by atoms with van der Waals surface area (Å²) in [6.45, 7) is 6.72. The van der Waals surface area contributed by atoms with Crippen LogP contribution in [0.5, 0.6) is 0 Å². The minimum atomic E-state index is -0.292. The molecule has 0 spiro atoms. The summed E-state index contributed by atoms with van der Waals surface area (Å²) in [5, 5.41) is 6.59. The molecule has 0 atom stereocenters. The highest BCUT2D eigenvalue weighted by Crippen LogP contribution is 2.24. The summed E-state index contributed by atoms with van der Waals surface area (Å²) in [5.41, 5.74) is 2.70. The maximum absolute atomic E-state index is 11.8. The predicted octanol–water partition coefficient (Wildman–Crippen LogP) is 2.45. The normalized spacial score (nSPS) is 15.0. The molecule has 0 saturated carbocycles. The fraction of sp³-hybridized carbons (Fsp3) is 0.467. The van der Waals surface area contributed by atoms with Crippen molar-refractivity contribution >= 4 is 17.3 Å². The Morgan fingerprint density at radius 3 is 3.19 bits per heavy atom. The van der Waals surface area contributed by atoms with Crippen LogP contribution in [0.25, 0.3) is 0 Å². The molecule has 3 heterocycles. The predicted molar refractivity (Wildman–Crippen MR) is 81.4 cm³/mol. The Balaban J connectivity index is 1.69. The van der Waals surface area contributed by atoms with E-state index >= 15 is 0 Å². The Bertz CT molecular complexity index is 647. The summed E-state index contributed by atoms with van der Waals surface area (Å²) in [6.07, 6.45) is 2.88. The van der Waals surface area contributed by atoms with Gasteiger partial charge in [-0.1, -0.05) is 0 Å². The van der Waals surface area contributed by atoms with Crippen LogP contribution in [0.2, 0.25) is 0 Å². The number of fused-ring (bicyclic) bond motifs is 1. The van der Waals surface area contributed by atoms with Gasteiger partial charge in [0.05, 0.1) is 19.0 Å². The van der Waals surface area contributed by atoms with Crippen LogP contribution in [0.3, 0.4) is 0 Å². The van der Waals surface area contributed by atoms with Crippen molar-refractivity contribution in [3.8, 4) is 0 Å². The second-order valence-electron chi connectivity index (χ2n) is 5.20. The van der Waals surface area contributed by atoms with Crippen LogP contribution in [0.1, 0.15) is 33.4 Å². The Labute approximate surface area is 128 Å². The monoisotopic (exact) mass is 305 g/mol. The first-order valence-corrected chi connectivity index (χ1v) is 8.04. The molecule has 6 heteroatoms. The number of ether oxygens (including phenoxy) is 1. The van der Waals surface area contributed by atoms with E-state index in [0.29, 0.717) is 18.8 Å². The lowest BCUT2D eigenvalue weighted by Gasteiger charge is -2.26. The summed E-state index contributed by atoms with van der Waals surface area (Å²) < 4.78 is 6.88. The third-order valence-corrected chi connectivity index (χ3v) is 4.70. The van der Waals surface area contributed by atoms with Gasteiger partial charge in [0, 0.05) is 24.2 Å². The van der Waals surface area contributed by atoms with E-state index in [2.05, 4.69) is 21.4 Å². The molecule has 0 saturated heterocycles. The molecule has 2 aromatic heterocycles. The van der Waals surface area contributed by atoms with Gasteiger partial charge in [0.1, 0.15) is 5.56 Å². The Hall–Kier alpha value is -1.66. The summed E-state index contributed by atoms with van der Waals surface area (Å²) >= 11 is 1.84. The van der Waals surface area contributed by atoms with Crippen LogP contribution in [-0.4, -0.2) is 33.8 Å². The number of nitrogens with zero attached hydrogens (tertiary/aromatic N) is 3. The largest absolute Gasteiger partial charge is 0.462 e. The fourth-order valence-electron chi connectivity index (χ4n) is 2.63. The van der Waals surface area contributed by atoms with Crippen molar-refractivity contribution in [3.05, 3.63) is 39.3 Å². The van der Waals surface area contributed by atoms with Gasteiger partial charge in [-0.3, -0.25) is 9.58 Å². The second-order valence-corrected chi connectivity index (χ2v) is 6.20. The zero-order chi connectivity index (χ0) is 14.8. The third-order valence-electron chi connectivity index (χ3n) is 3.67. The first kappa shape index (κ1) is 14.3. The van der Waals surface area contributed by atoms with Crippen molar-refractivity contribution in [1.29, 1.82) is 0 Å². The Kier molecular flexibility index (Phi) is 4.07. The number of carbonyl (C=O) groups excluding carboxylic acids is 1. The molecule has 1 aliphatic heterocycles. The van der Waals surface area contributed by atoms with Gasteiger partial charge >= 0.3 is 5.97 Å². The third kappa shape index (κ3) is 3.01. The molecule has 0 amide bonds. The standard InChI is InChI=1S/C15H19N3O2S/c1-3-20-15(19)13-9-18(16-11(13)2)10-17-6-4-14-12(8-17)5-7-21-14/h5,7,9H,3-4,6,8,10H2,1-2H3. The molecule has 0 radical (unpaired) electrons. The minimum absolute atomic E-state index is 0.292. The van der Waals surface area contributed by atoms with E-state index in [1.54, 1.807) is 6.20 Å². The van der Waals surface area contributed by atoms with Gasteiger partial charge in [0.2, 0.25) is 0 Å². The van der Waals surface area contributed by atoms with E-state index in [9.17, 15) is 4.79 Å². The van der Waals surface area contributed by atoms with Gasteiger partial charge < -0.3 is 4.74 Å². The smallest absolute Gasteiger partial charge is 0.341 e. The van der Waals surface area contributed by atoms with Crippen molar-refractivity contribution in [2.24, 2.45) is 0 Å². The fourth-order valence-corrected chi connectivity index (χ4v) is 3.52. The topological polar surface area (TPSA) is 47.4 Å². The summed E-state index contributed by atoms with van der Waals surface area (Å²) in [4.78, 5) is 15.7. The lowest BCUT2D eigenvalue weighted by Crippen LogP contribution is -2.31. The summed E-state index contributed by atoms with van der Waals surface area (Å²) in [7, 11) is 0. The molecule has 1 aliphatic rings. The molecule has 2 aromatic rings. The van der Waals surface area contributed by atoms with Gasteiger partial charge in [-0.05, 0) is 37.3 Å². The minimum Gasteiger partial charge on any atom is -0.462 e. The lowest BCUT2D eigenvalue weighted by molar-refractivity contribution is 0.0525. The highest BCUT2D eigenvalue weighted by Gasteiger charge is 2.19. The molecule has 5 nitrogen and oxygen atoms in total. The van der Waals surface area contributed by atoms with Gasteiger partial charge in [-0.15, -0.1) is 11.3 Å². The molecule has 0 aromatic carbocycles.